The van der Waals surface area contributed by atoms with Gasteiger partial charge in [-0.1, -0.05) is 35.6 Å². The highest BCUT2D eigenvalue weighted by Gasteiger charge is 2.21. The van der Waals surface area contributed by atoms with Crippen LogP contribution in [0.2, 0.25) is 0 Å². The fraction of sp³-hybridized carbons (Fsp3) is 0.800. The van der Waals surface area contributed by atoms with Gasteiger partial charge in [-0.15, -0.1) is 0 Å². The second-order valence-corrected chi connectivity index (χ2v) is 3.55. The molecule has 0 heterocycles. The Bertz CT molecular complexity index is 152. The van der Waals surface area contributed by atoms with Crippen LogP contribution in [-0.2, 0) is 9.59 Å². The molecule has 0 aliphatic heterocycles. The van der Waals surface area contributed by atoms with E-state index in [2.05, 4.69) is 0 Å². The number of carbonyl (C=O) groups excluding carboxylic acids is 2. The third-order valence-electron chi connectivity index (χ3n) is 1.25. The van der Waals surface area contributed by atoms with Crippen molar-refractivity contribution < 1.29 is 9.59 Å². The Balaban J connectivity index is -0.000000405. The molecule has 0 unspecified atom stereocenters. The summed E-state index contributed by atoms with van der Waals surface area (Å²) in [6, 6.07) is 0. The maximum atomic E-state index is 11.1. The van der Waals surface area contributed by atoms with E-state index in [0.717, 1.165) is 0 Å². The second kappa shape index (κ2) is 5.92. The summed E-state index contributed by atoms with van der Waals surface area (Å²) in [7, 11) is 0. The first-order valence-electron chi connectivity index (χ1n) is 3.37. The molecule has 0 bridgehead atoms. The summed E-state index contributed by atoms with van der Waals surface area (Å²) in [5.41, 5.74) is -0.369. The summed E-state index contributed by atoms with van der Waals surface area (Å²) in [6.45, 7) is 6.89. The van der Waals surface area contributed by atoms with Crippen molar-refractivity contribution in [3.05, 3.63) is 0 Å². The summed E-state index contributed by atoms with van der Waals surface area (Å²) in [5, 5.41) is 0. The Kier molecular flexibility index (Phi) is 8.60. The zero-order chi connectivity index (χ0) is 8.36. The summed E-state index contributed by atoms with van der Waals surface area (Å²) in [5.74, 6) is -0.0417. The van der Waals surface area contributed by atoms with Gasteiger partial charge in [0.15, 0.2) is 0 Å². The first-order valence-corrected chi connectivity index (χ1v) is 3.37. The molecule has 0 aliphatic carbocycles. The molecule has 0 N–H and O–H groups in total. The average molecular weight is 174 g/mol. The van der Waals surface area contributed by atoms with Gasteiger partial charge in [0.2, 0.25) is 0 Å². The first kappa shape index (κ1) is 17.4. The summed E-state index contributed by atoms with van der Waals surface area (Å²) >= 11 is 0. The number of rotatable bonds is 2. The fourth-order valence-electron chi connectivity index (χ4n) is 0.491. The lowest BCUT2D eigenvalue weighted by atomic mass is 9.88. The zero-order valence-corrected chi connectivity index (χ0v) is 7.02. The molecule has 0 spiro atoms. The normalized spacial score (nSPS) is 9.33. The van der Waals surface area contributed by atoms with Crippen molar-refractivity contribution in [2.24, 2.45) is 5.41 Å². The predicted molar refractivity (Wildman–Crippen MR) is 53.2 cm³/mol. The Labute approximate surface area is 76.4 Å². The van der Waals surface area contributed by atoms with Crippen molar-refractivity contribution in [2.45, 2.75) is 49.0 Å². The molecule has 12 heavy (non-hydrogen) atoms. The van der Waals surface area contributed by atoms with Crippen LogP contribution in [0.5, 0.6) is 0 Å². The molecule has 2 heteroatoms. The van der Waals surface area contributed by atoms with Gasteiger partial charge in [-0.25, -0.2) is 0 Å². The Hall–Kier alpha value is -0.660. The first-order chi connectivity index (χ1) is 4.34. The molecule has 0 saturated carbocycles. The molecule has 0 saturated heterocycles. The number of hydrogen-bond acceptors (Lipinski definition) is 2. The van der Waals surface area contributed by atoms with Gasteiger partial charge in [-0.05, 0) is 6.92 Å². The van der Waals surface area contributed by atoms with Gasteiger partial charge in [-0.3, -0.25) is 9.59 Å². The van der Waals surface area contributed by atoms with Gasteiger partial charge in [-0.2, -0.15) is 0 Å². The number of carbonyl (C=O) groups is 2. The van der Waals surface area contributed by atoms with E-state index in [1.807, 2.05) is 20.8 Å². The van der Waals surface area contributed by atoms with Crippen LogP contribution in [0.3, 0.4) is 0 Å². The van der Waals surface area contributed by atoms with Crippen molar-refractivity contribution in [3.8, 4) is 0 Å². The molecule has 0 aromatic carbocycles. The van der Waals surface area contributed by atoms with E-state index < -0.39 is 0 Å². The minimum atomic E-state index is -0.369. The van der Waals surface area contributed by atoms with E-state index >= 15 is 0 Å². The van der Waals surface area contributed by atoms with E-state index in [0.29, 0.717) is 0 Å². The summed E-state index contributed by atoms with van der Waals surface area (Å²) in [4.78, 5) is 21.5. The van der Waals surface area contributed by atoms with Crippen LogP contribution in [0.1, 0.15) is 49.0 Å². The van der Waals surface area contributed by atoms with E-state index in [9.17, 15) is 9.59 Å². The van der Waals surface area contributed by atoms with Gasteiger partial charge in [0.25, 0.3) is 0 Å². The maximum absolute atomic E-state index is 11.1. The molecular formula is C10H22O2. The Morgan fingerprint density at radius 2 is 1.42 bits per heavy atom. The molecule has 0 aromatic heterocycles. The SMILES string of the molecule is C.C.CC(=O)CC(=O)C(C)(C)C. The van der Waals surface area contributed by atoms with Gasteiger partial charge in [0, 0.05) is 5.41 Å². The molecule has 2 nitrogen and oxygen atoms in total. The molecule has 0 aliphatic rings. The molecule has 74 valence electrons. The number of hydrogen-bond donors (Lipinski definition) is 0. The highest BCUT2D eigenvalue weighted by Crippen LogP contribution is 2.16. The highest BCUT2D eigenvalue weighted by atomic mass is 16.1. The number of ketones is 2. The third-order valence-corrected chi connectivity index (χ3v) is 1.25. The lowest BCUT2D eigenvalue weighted by Gasteiger charge is -2.14. The van der Waals surface area contributed by atoms with Crippen LogP contribution in [-0.4, -0.2) is 11.6 Å². The lowest BCUT2D eigenvalue weighted by molar-refractivity contribution is -0.130. The summed E-state index contributed by atoms with van der Waals surface area (Å²) < 4.78 is 0. The van der Waals surface area contributed by atoms with Crippen LogP contribution in [0, 0.1) is 5.41 Å². The molecule has 0 radical (unpaired) electrons. The van der Waals surface area contributed by atoms with Crippen LogP contribution in [0.25, 0.3) is 0 Å². The number of Topliss-reactive ketones (excluding diaryl/α,β-unsaturated/α-hetero) is 2. The van der Waals surface area contributed by atoms with E-state index in [1.165, 1.54) is 6.92 Å². The Morgan fingerprint density at radius 1 is 1.08 bits per heavy atom. The van der Waals surface area contributed by atoms with E-state index in [1.54, 1.807) is 0 Å². The smallest absolute Gasteiger partial charge is 0.145 e. The zero-order valence-electron chi connectivity index (χ0n) is 7.02. The Morgan fingerprint density at radius 3 is 1.50 bits per heavy atom. The predicted octanol–water partition coefficient (Wildman–Crippen LogP) is 2.85. The molecular weight excluding hydrogens is 152 g/mol. The van der Waals surface area contributed by atoms with Gasteiger partial charge in [0.05, 0.1) is 6.42 Å². The molecule has 0 aromatic rings. The molecule has 0 atom stereocenters. The fourth-order valence-corrected chi connectivity index (χ4v) is 0.491. The lowest BCUT2D eigenvalue weighted by Crippen LogP contribution is -2.21. The largest absolute Gasteiger partial charge is 0.300 e. The van der Waals surface area contributed by atoms with Crippen molar-refractivity contribution in [1.29, 1.82) is 0 Å². The average Bonchev–Trinajstić information content (AvgIpc) is 1.60. The topological polar surface area (TPSA) is 34.1 Å². The van der Waals surface area contributed by atoms with Crippen LogP contribution < -0.4 is 0 Å². The summed E-state index contributed by atoms with van der Waals surface area (Å²) in [6.07, 6.45) is 0.0729. The maximum Gasteiger partial charge on any atom is 0.145 e. The van der Waals surface area contributed by atoms with Gasteiger partial charge < -0.3 is 0 Å². The van der Waals surface area contributed by atoms with Crippen molar-refractivity contribution >= 4 is 11.6 Å². The van der Waals surface area contributed by atoms with Crippen LogP contribution in [0.4, 0.5) is 0 Å². The van der Waals surface area contributed by atoms with Crippen molar-refractivity contribution in [1.82, 2.24) is 0 Å². The van der Waals surface area contributed by atoms with Gasteiger partial charge in [0.1, 0.15) is 11.6 Å². The van der Waals surface area contributed by atoms with Crippen molar-refractivity contribution in [3.63, 3.8) is 0 Å². The quantitative estimate of drug-likeness (QED) is 0.603. The standard InChI is InChI=1S/C8H14O2.2CH4/c1-6(9)5-7(10)8(2,3)4;;/h5H2,1-4H3;2*1H4. The van der Waals surface area contributed by atoms with E-state index in [-0.39, 0.29) is 38.3 Å². The minimum absolute atomic E-state index is 0. The van der Waals surface area contributed by atoms with Crippen LogP contribution in [0.15, 0.2) is 0 Å². The van der Waals surface area contributed by atoms with E-state index in [4.69, 9.17) is 0 Å². The molecule has 0 amide bonds. The van der Waals surface area contributed by atoms with Crippen molar-refractivity contribution in [2.75, 3.05) is 0 Å². The second-order valence-electron chi connectivity index (χ2n) is 3.55. The molecule has 0 fully saturated rings. The minimum Gasteiger partial charge on any atom is -0.300 e. The third kappa shape index (κ3) is 7.45. The molecule has 0 rings (SSSR count). The van der Waals surface area contributed by atoms with Gasteiger partial charge >= 0.3 is 0 Å². The monoisotopic (exact) mass is 174 g/mol. The van der Waals surface area contributed by atoms with Crippen LogP contribution >= 0.6 is 0 Å². The highest BCUT2D eigenvalue weighted by molar-refractivity contribution is 6.00.